The molecule has 2 rings (SSSR count). The van der Waals surface area contributed by atoms with Crippen LogP contribution in [0.1, 0.15) is 6.42 Å². The van der Waals surface area contributed by atoms with Gasteiger partial charge in [-0.3, -0.25) is 10.1 Å². The molecule has 1 saturated heterocycles. The van der Waals surface area contributed by atoms with Gasteiger partial charge in [0.2, 0.25) is 0 Å². The van der Waals surface area contributed by atoms with Crippen molar-refractivity contribution in [1.82, 2.24) is 5.32 Å². The lowest BCUT2D eigenvalue weighted by molar-refractivity contribution is -0.384. The number of ether oxygens (including phenoxy) is 1. The van der Waals surface area contributed by atoms with Crippen LogP contribution in [0.5, 0.6) is 5.75 Å². The molecule has 1 aromatic rings. The molecule has 0 bridgehead atoms. The molecule has 1 fully saturated rings. The Labute approximate surface area is 116 Å². The van der Waals surface area contributed by atoms with Crippen LogP contribution < -0.4 is 10.1 Å². The highest BCUT2D eigenvalue weighted by molar-refractivity contribution is 7.99. The van der Waals surface area contributed by atoms with Gasteiger partial charge < -0.3 is 10.1 Å². The minimum absolute atomic E-state index is 0.0872. The van der Waals surface area contributed by atoms with Gasteiger partial charge in [-0.25, -0.2) is 0 Å². The number of nitro groups is 1. The first-order chi connectivity index (χ1) is 9.25. The lowest BCUT2D eigenvalue weighted by Crippen LogP contribution is -2.27. The summed E-state index contributed by atoms with van der Waals surface area (Å²) >= 11 is 2.02. The molecule has 19 heavy (non-hydrogen) atoms. The maximum absolute atomic E-state index is 10.5. The molecule has 0 spiro atoms. The second-order valence-corrected chi connectivity index (χ2v) is 5.68. The van der Waals surface area contributed by atoms with E-state index in [1.165, 1.54) is 30.1 Å². The van der Waals surface area contributed by atoms with E-state index in [-0.39, 0.29) is 5.69 Å². The normalized spacial score (nSPS) is 18.4. The molecule has 0 aliphatic carbocycles. The molecular weight excluding hydrogens is 264 g/mol. The summed E-state index contributed by atoms with van der Waals surface area (Å²) in [5.41, 5.74) is 0.0872. The predicted molar refractivity (Wildman–Crippen MR) is 76.9 cm³/mol. The van der Waals surface area contributed by atoms with E-state index in [2.05, 4.69) is 5.32 Å². The molecule has 1 aliphatic rings. The number of non-ortho nitro benzene ring substituents is 1. The summed E-state index contributed by atoms with van der Waals surface area (Å²) in [6.45, 7) is 2.44. The molecule has 0 saturated carbocycles. The van der Waals surface area contributed by atoms with E-state index in [9.17, 15) is 10.1 Å². The van der Waals surface area contributed by atoms with Crippen LogP contribution in [0.15, 0.2) is 24.3 Å². The van der Waals surface area contributed by atoms with E-state index in [4.69, 9.17) is 4.74 Å². The van der Waals surface area contributed by atoms with Gasteiger partial charge >= 0.3 is 0 Å². The fourth-order valence-corrected chi connectivity index (χ4v) is 3.24. The van der Waals surface area contributed by atoms with E-state index in [1.807, 2.05) is 11.8 Å². The summed E-state index contributed by atoms with van der Waals surface area (Å²) in [7, 11) is 0. The molecular formula is C13H18N2O3S. The Bertz CT molecular complexity index is 405. The molecule has 1 aliphatic heterocycles. The first-order valence-electron chi connectivity index (χ1n) is 6.41. The van der Waals surface area contributed by atoms with Crippen molar-refractivity contribution in [2.75, 3.05) is 31.2 Å². The van der Waals surface area contributed by atoms with Gasteiger partial charge in [-0.2, -0.15) is 11.8 Å². The van der Waals surface area contributed by atoms with Crippen molar-refractivity contribution in [3.8, 4) is 5.75 Å². The third-order valence-electron chi connectivity index (χ3n) is 3.05. The molecule has 5 nitrogen and oxygen atoms in total. The fraction of sp³-hybridized carbons (Fsp3) is 0.538. The van der Waals surface area contributed by atoms with Gasteiger partial charge in [0.1, 0.15) is 12.4 Å². The molecule has 0 aromatic heterocycles. The van der Waals surface area contributed by atoms with Gasteiger partial charge in [0, 0.05) is 18.7 Å². The summed E-state index contributed by atoms with van der Waals surface area (Å²) in [5.74, 6) is 4.01. The van der Waals surface area contributed by atoms with Gasteiger partial charge in [-0.1, -0.05) is 0 Å². The van der Waals surface area contributed by atoms with Crippen molar-refractivity contribution in [1.29, 1.82) is 0 Å². The van der Waals surface area contributed by atoms with Crippen LogP contribution in [0.4, 0.5) is 5.69 Å². The fourth-order valence-electron chi connectivity index (χ4n) is 1.96. The largest absolute Gasteiger partial charge is 0.492 e. The smallest absolute Gasteiger partial charge is 0.269 e. The Morgan fingerprint density at radius 2 is 2.21 bits per heavy atom. The van der Waals surface area contributed by atoms with Crippen LogP contribution in [-0.4, -0.2) is 36.1 Å². The molecule has 1 N–H and O–H groups in total. The summed E-state index contributed by atoms with van der Waals surface area (Å²) in [6.07, 6.45) is 1.31. The standard InChI is InChI=1S/C13H18N2O3S/c16-15(17)12-1-3-13(4-2-12)18-7-6-14-9-11-5-8-19-10-11/h1-4,11,14H,5-10H2. The van der Waals surface area contributed by atoms with Crippen LogP contribution in [0, 0.1) is 16.0 Å². The lowest BCUT2D eigenvalue weighted by atomic mass is 10.1. The zero-order valence-corrected chi connectivity index (χ0v) is 11.5. The molecule has 0 radical (unpaired) electrons. The number of hydrogen-bond acceptors (Lipinski definition) is 5. The number of rotatable bonds is 7. The lowest BCUT2D eigenvalue weighted by Gasteiger charge is -2.10. The van der Waals surface area contributed by atoms with Gasteiger partial charge in [-0.05, 0) is 42.5 Å². The predicted octanol–water partition coefficient (Wildman–Crippen LogP) is 2.32. The first-order valence-corrected chi connectivity index (χ1v) is 7.57. The summed E-state index contributed by atoms with van der Waals surface area (Å²) in [5, 5.41) is 13.9. The molecule has 1 heterocycles. The minimum Gasteiger partial charge on any atom is -0.492 e. The van der Waals surface area contributed by atoms with Crippen LogP contribution in [0.2, 0.25) is 0 Å². The number of nitro benzene ring substituents is 1. The van der Waals surface area contributed by atoms with E-state index in [0.717, 1.165) is 19.0 Å². The van der Waals surface area contributed by atoms with Gasteiger partial charge in [0.25, 0.3) is 5.69 Å². The third kappa shape index (κ3) is 4.72. The highest BCUT2D eigenvalue weighted by Crippen LogP contribution is 2.22. The van der Waals surface area contributed by atoms with Crippen molar-refractivity contribution in [2.24, 2.45) is 5.92 Å². The second-order valence-electron chi connectivity index (χ2n) is 4.53. The molecule has 0 amide bonds. The summed E-state index contributed by atoms with van der Waals surface area (Å²) in [4.78, 5) is 10.1. The minimum atomic E-state index is -0.412. The van der Waals surface area contributed by atoms with Crippen molar-refractivity contribution < 1.29 is 9.66 Å². The van der Waals surface area contributed by atoms with E-state index in [1.54, 1.807) is 12.1 Å². The van der Waals surface area contributed by atoms with Crippen molar-refractivity contribution in [2.45, 2.75) is 6.42 Å². The Kier molecular flexibility index (Phi) is 5.47. The number of thioether (sulfide) groups is 1. The van der Waals surface area contributed by atoms with E-state index < -0.39 is 4.92 Å². The van der Waals surface area contributed by atoms with Crippen molar-refractivity contribution in [3.63, 3.8) is 0 Å². The monoisotopic (exact) mass is 282 g/mol. The Morgan fingerprint density at radius 1 is 1.42 bits per heavy atom. The Hall–Kier alpha value is -1.27. The summed E-state index contributed by atoms with van der Waals surface area (Å²) in [6, 6.07) is 6.18. The highest BCUT2D eigenvalue weighted by atomic mass is 32.2. The zero-order chi connectivity index (χ0) is 13.5. The zero-order valence-electron chi connectivity index (χ0n) is 10.7. The third-order valence-corrected chi connectivity index (χ3v) is 4.28. The number of hydrogen-bond donors (Lipinski definition) is 1. The van der Waals surface area contributed by atoms with Gasteiger partial charge in [0.05, 0.1) is 4.92 Å². The summed E-state index contributed by atoms with van der Waals surface area (Å²) < 4.78 is 5.52. The Balaban J connectivity index is 1.61. The van der Waals surface area contributed by atoms with Crippen LogP contribution in [0.25, 0.3) is 0 Å². The maximum Gasteiger partial charge on any atom is 0.269 e. The molecule has 104 valence electrons. The number of benzene rings is 1. The van der Waals surface area contributed by atoms with Crippen LogP contribution in [0.3, 0.4) is 0 Å². The van der Waals surface area contributed by atoms with Crippen LogP contribution >= 0.6 is 11.8 Å². The van der Waals surface area contributed by atoms with Gasteiger partial charge in [0.15, 0.2) is 0 Å². The first kappa shape index (κ1) is 14.1. The van der Waals surface area contributed by atoms with Crippen LogP contribution in [-0.2, 0) is 0 Å². The maximum atomic E-state index is 10.5. The average Bonchev–Trinajstić information content (AvgIpc) is 2.92. The molecule has 1 atom stereocenters. The molecule has 1 aromatic carbocycles. The average molecular weight is 282 g/mol. The highest BCUT2D eigenvalue weighted by Gasteiger charge is 2.14. The van der Waals surface area contributed by atoms with Gasteiger partial charge in [-0.15, -0.1) is 0 Å². The second kappa shape index (κ2) is 7.35. The number of nitrogens with one attached hydrogen (secondary N) is 1. The quantitative estimate of drug-likeness (QED) is 0.472. The topological polar surface area (TPSA) is 64.4 Å². The van der Waals surface area contributed by atoms with Crippen molar-refractivity contribution in [3.05, 3.63) is 34.4 Å². The Morgan fingerprint density at radius 3 is 2.84 bits per heavy atom. The SMILES string of the molecule is O=[N+]([O-])c1ccc(OCCNCC2CCSC2)cc1. The van der Waals surface area contributed by atoms with Crippen molar-refractivity contribution >= 4 is 17.4 Å². The molecule has 6 heteroatoms. The molecule has 1 unspecified atom stereocenters. The van der Waals surface area contributed by atoms with E-state index >= 15 is 0 Å². The number of nitrogens with zero attached hydrogens (tertiary/aromatic N) is 1. The van der Waals surface area contributed by atoms with E-state index in [0.29, 0.717) is 12.4 Å².